The zero-order valence-corrected chi connectivity index (χ0v) is 19.6. The van der Waals surface area contributed by atoms with Crippen molar-refractivity contribution in [1.29, 1.82) is 0 Å². The minimum absolute atomic E-state index is 0.137. The molecule has 0 atom stereocenters. The maximum absolute atomic E-state index is 12.1. The van der Waals surface area contributed by atoms with Crippen LogP contribution in [0.1, 0.15) is 25.0 Å². The Hall–Kier alpha value is -3.05. The van der Waals surface area contributed by atoms with Gasteiger partial charge in [0.15, 0.2) is 5.78 Å². The highest BCUT2D eigenvalue weighted by Crippen LogP contribution is 2.35. The van der Waals surface area contributed by atoms with Crippen molar-refractivity contribution in [2.45, 2.75) is 23.6 Å². The molecule has 0 bridgehead atoms. The van der Waals surface area contributed by atoms with Crippen molar-refractivity contribution in [3.63, 3.8) is 0 Å². The molecule has 0 spiro atoms. The van der Waals surface area contributed by atoms with Crippen LogP contribution in [0, 0.1) is 0 Å². The lowest BCUT2D eigenvalue weighted by Gasteiger charge is -2.22. The van der Waals surface area contributed by atoms with Gasteiger partial charge in [0.05, 0.1) is 4.90 Å². The SMILES string of the molecule is CCN(CC)c1ccc(C(=C2C=CC(=O)C=C2)c2cc(S(=O)(=O)O)ccc2S(=O)(=O)O)cc1. The van der Waals surface area contributed by atoms with Crippen molar-refractivity contribution in [2.75, 3.05) is 18.0 Å². The fraction of sp³-hybridized carbons (Fsp3) is 0.174. The second-order valence-corrected chi connectivity index (χ2v) is 10.0. The first-order valence-corrected chi connectivity index (χ1v) is 12.9. The Balaban J connectivity index is 2.36. The normalized spacial score (nSPS) is 13.9. The van der Waals surface area contributed by atoms with Gasteiger partial charge in [-0.1, -0.05) is 24.3 Å². The highest BCUT2D eigenvalue weighted by molar-refractivity contribution is 7.86. The van der Waals surface area contributed by atoms with Gasteiger partial charge in [0.2, 0.25) is 0 Å². The number of nitrogens with zero attached hydrogens (tertiary/aromatic N) is 1. The lowest BCUT2D eigenvalue weighted by Crippen LogP contribution is -2.21. The van der Waals surface area contributed by atoms with E-state index in [-0.39, 0.29) is 16.9 Å². The topological polar surface area (TPSA) is 129 Å². The van der Waals surface area contributed by atoms with E-state index in [1.807, 2.05) is 26.0 Å². The average molecular weight is 490 g/mol. The molecular weight excluding hydrogens is 466 g/mol. The van der Waals surface area contributed by atoms with Gasteiger partial charge in [-0.3, -0.25) is 13.9 Å². The predicted molar refractivity (Wildman–Crippen MR) is 125 cm³/mol. The van der Waals surface area contributed by atoms with Crippen molar-refractivity contribution in [3.05, 3.63) is 83.5 Å². The number of carbonyl (C=O) groups excluding carboxylic acids is 1. The standard InChI is InChI=1S/C23H23NO7S2/c1-3-24(4-2)18-9-5-16(6-10-18)23(17-7-11-19(25)12-8-17)21-15-20(32(26,27)28)13-14-22(21)33(29,30)31/h5-15H,3-4H2,1-2H3,(H,26,27,28)(H,29,30,31). The molecule has 33 heavy (non-hydrogen) atoms. The number of anilines is 1. The summed E-state index contributed by atoms with van der Waals surface area (Å²) in [5.41, 5.74) is 1.99. The van der Waals surface area contributed by atoms with E-state index in [0.717, 1.165) is 37.0 Å². The molecule has 0 aliphatic heterocycles. The monoisotopic (exact) mass is 489 g/mol. The third-order valence-electron chi connectivity index (χ3n) is 5.22. The van der Waals surface area contributed by atoms with Crippen LogP contribution in [0.2, 0.25) is 0 Å². The molecule has 0 unspecified atom stereocenters. The number of hydrogen-bond acceptors (Lipinski definition) is 6. The summed E-state index contributed by atoms with van der Waals surface area (Å²) in [6.07, 6.45) is 5.53. The molecule has 10 heteroatoms. The summed E-state index contributed by atoms with van der Waals surface area (Å²) in [6, 6.07) is 9.94. The predicted octanol–water partition coefficient (Wildman–Crippen LogP) is 3.52. The number of rotatable bonds is 7. The molecule has 2 aromatic rings. The maximum Gasteiger partial charge on any atom is 0.295 e. The molecule has 2 N–H and O–H groups in total. The fourth-order valence-electron chi connectivity index (χ4n) is 3.62. The third-order valence-corrected chi connectivity index (χ3v) is 6.99. The van der Waals surface area contributed by atoms with Gasteiger partial charge in [0.25, 0.3) is 20.2 Å². The van der Waals surface area contributed by atoms with E-state index < -0.39 is 30.0 Å². The van der Waals surface area contributed by atoms with Gasteiger partial charge in [-0.15, -0.1) is 0 Å². The summed E-state index contributed by atoms with van der Waals surface area (Å²) in [7, 11) is -9.43. The first-order valence-electron chi connectivity index (χ1n) is 10.0. The Morgan fingerprint density at radius 1 is 0.818 bits per heavy atom. The number of allylic oxidation sites excluding steroid dienone is 5. The van der Waals surface area contributed by atoms with Crippen molar-refractivity contribution < 1.29 is 30.7 Å². The fourth-order valence-corrected chi connectivity index (χ4v) is 4.80. The molecule has 8 nitrogen and oxygen atoms in total. The van der Waals surface area contributed by atoms with Crippen LogP contribution in [-0.2, 0) is 25.0 Å². The number of carbonyl (C=O) groups is 1. The molecule has 2 aromatic carbocycles. The Bertz CT molecular complexity index is 1360. The van der Waals surface area contributed by atoms with Crippen LogP contribution in [0.15, 0.2) is 82.1 Å². The van der Waals surface area contributed by atoms with E-state index in [2.05, 4.69) is 4.90 Å². The second kappa shape index (κ2) is 9.44. The maximum atomic E-state index is 12.1. The largest absolute Gasteiger partial charge is 0.372 e. The van der Waals surface area contributed by atoms with Crippen LogP contribution >= 0.6 is 0 Å². The molecule has 174 valence electrons. The number of ketones is 1. The highest BCUT2D eigenvalue weighted by Gasteiger charge is 2.24. The van der Waals surface area contributed by atoms with Gasteiger partial charge in [-0.05, 0) is 73.0 Å². The van der Waals surface area contributed by atoms with E-state index in [1.54, 1.807) is 12.1 Å². The van der Waals surface area contributed by atoms with Gasteiger partial charge in [-0.25, -0.2) is 0 Å². The minimum atomic E-state index is -4.76. The molecule has 0 radical (unpaired) electrons. The van der Waals surface area contributed by atoms with Crippen molar-refractivity contribution in [3.8, 4) is 0 Å². The van der Waals surface area contributed by atoms with Crippen LogP contribution in [-0.4, -0.2) is 44.8 Å². The zero-order valence-electron chi connectivity index (χ0n) is 18.0. The van der Waals surface area contributed by atoms with Gasteiger partial charge < -0.3 is 4.90 Å². The first-order chi connectivity index (χ1) is 15.5. The summed E-state index contributed by atoms with van der Waals surface area (Å²) >= 11 is 0. The van der Waals surface area contributed by atoms with Gasteiger partial charge in [0, 0.05) is 24.3 Å². The lowest BCUT2D eigenvalue weighted by atomic mass is 9.90. The molecule has 0 amide bonds. The lowest BCUT2D eigenvalue weighted by molar-refractivity contribution is -0.110. The summed E-state index contributed by atoms with van der Waals surface area (Å²) < 4.78 is 67.1. The van der Waals surface area contributed by atoms with E-state index in [0.29, 0.717) is 11.1 Å². The van der Waals surface area contributed by atoms with Crippen LogP contribution in [0.25, 0.3) is 5.57 Å². The number of hydrogen-bond donors (Lipinski definition) is 2. The molecule has 0 saturated carbocycles. The minimum Gasteiger partial charge on any atom is -0.372 e. The zero-order chi connectivity index (χ0) is 24.4. The van der Waals surface area contributed by atoms with E-state index in [4.69, 9.17) is 0 Å². The molecule has 0 fully saturated rings. The van der Waals surface area contributed by atoms with Crippen molar-refractivity contribution in [2.24, 2.45) is 0 Å². The van der Waals surface area contributed by atoms with Crippen molar-refractivity contribution >= 4 is 37.3 Å². The van der Waals surface area contributed by atoms with E-state index >= 15 is 0 Å². The van der Waals surface area contributed by atoms with E-state index in [9.17, 15) is 30.7 Å². The van der Waals surface area contributed by atoms with Crippen LogP contribution < -0.4 is 4.90 Å². The molecule has 0 aromatic heterocycles. The average Bonchev–Trinajstić information content (AvgIpc) is 2.76. The molecule has 0 saturated heterocycles. The van der Waals surface area contributed by atoms with Gasteiger partial charge >= 0.3 is 0 Å². The summed E-state index contributed by atoms with van der Waals surface area (Å²) in [5, 5.41) is 0. The van der Waals surface area contributed by atoms with Crippen LogP contribution in [0.3, 0.4) is 0 Å². The smallest absolute Gasteiger partial charge is 0.295 e. The second-order valence-electron chi connectivity index (χ2n) is 7.23. The molecule has 0 heterocycles. The van der Waals surface area contributed by atoms with Crippen molar-refractivity contribution in [1.82, 2.24) is 0 Å². The van der Waals surface area contributed by atoms with Crippen LogP contribution in [0.4, 0.5) is 5.69 Å². The Labute approximate surface area is 193 Å². The molecule has 1 aliphatic carbocycles. The summed E-state index contributed by atoms with van der Waals surface area (Å²) in [5.74, 6) is -0.267. The Morgan fingerprint density at radius 3 is 1.88 bits per heavy atom. The van der Waals surface area contributed by atoms with Crippen LogP contribution in [0.5, 0.6) is 0 Å². The Kier molecular flexibility index (Phi) is 7.03. The quantitative estimate of drug-likeness (QED) is 0.565. The van der Waals surface area contributed by atoms with Gasteiger partial charge in [-0.2, -0.15) is 16.8 Å². The van der Waals surface area contributed by atoms with E-state index in [1.165, 1.54) is 24.3 Å². The molecule has 3 rings (SSSR count). The number of benzene rings is 2. The molecular formula is C23H23NO7S2. The Morgan fingerprint density at radius 2 is 1.39 bits per heavy atom. The summed E-state index contributed by atoms with van der Waals surface area (Å²) in [4.78, 5) is 12.7. The third kappa shape index (κ3) is 5.48. The molecule has 1 aliphatic rings. The first kappa shape index (κ1) is 24.6. The highest BCUT2D eigenvalue weighted by atomic mass is 32.2. The summed E-state index contributed by atoms with van der Waals surface area (Å²) in [6.45, 7) is 5.58. The van der Waals surface area contributed by atoms with Gasteiger partial charge in [0.1, 0.15) is 4.90 Å².